The lowest BCUT2D eigenvalue weighted by atomic mass is 10.1. The zero-order valence-electron chi connectivity index (χ0n) is 9.68. The van der Waals surface area contributed by atoms with Crippen LogP contribution < -0.4 is 0 Å². The van der Waals surface area contributed by atoms with Crippen LogP contribution in [0.2, 0.25) is 5.02 Å². The van der Waals surface area contributed by atoms with Gasteiger partial charge >= 0.3 is 0 Å². The van der Waals surface area contributed by atoms with Crippen molar-refractivity contribution in [1.82, 2.24) is 4.98 Å². The maximum Gasteiger partial charge on any atom is 0.153 e. The molecule has 0 amide bonds. The highest BCUT2D eigenvalue weighted by Gasteiger charge is 2.17. The van der Waals surface area contributed by atoms with Crippen molar-refractivity contribution < 1.29 is 13.9 Å². The second-order valence-electron chi connectivity index (χ2n) is 4.11. The fraction of sp³-hybridized carbons (Fsp3) is 0.0714. The normalized spacial score (nSPS) is 12.8. The second kappa shape index (κ2) is 4.64. The molecule has 0 spiro atoms. The van der Waals surface area contributed by atoms with E-state index in [-0.39, 0.29) is 0 Å². The van der Waals surface area contributed by atoms with Gasteiger partial charge in [0, 0.05) is 5.39 Å². The third kappa shape index (κ3) is 2.20. The van der Waals surface area contributed by atoms with Crippen molar-refractivity contribution >= 4 is 22.6 Å². The van der Waals surface area contributed by atoms with Crippen LogP contribution in [-0.2, 0) is 0 Å². The molecule has 0 saturated heterocycles. The molecule has 3 rings (SSSR count). The van der Waals surface area contributed by atoms with Crippen LogP contribution >= 0.6 is 11.6 Å². The zero-order chi connectivity index (χ0) is 13.4. The first-order valence-electron chi connectivity index (χ1n) is 5.62. The number of fused-ring (bicyclic) bond motifs is 1. The summed E-state index contributed by atoms with van der Waals surface area (Å²) < 4.78 is 18.3. The predicted molar refractivity (Wildman–Crippen MR) is 69.5 cm³/mol. The summed E-state index contributed by atoms with van der Waals surface area (Å²) in [6, 6.07) is 9.68. The van der Waals surface area contributed by atoms with E-state index in [2.05, 4.69) is 4.98 Å². The lowest BCUT2D eigenvalue weighted by Crippen LogP contribution is -2.00. The van der Waals surface area contributed by atoms with E-state index < -0.39 is 11.9 Å². The number of rotatable bonds is 2. The van der Waals surface area contributed by atoms with Crippen molar-refractivity contribution in [2.75, 3.05) is 0 Å². The Labute approximate surface area is 113 Å². The number of pyridine rings is 1. The number of benzene rings is 1. The third-order valence-corrected chi connectivity index (χ3v) is 3.11. The Morgan fingerprint density at radius 1 is 1.26 bits per heavy atom. The van der Waals surface area contributed by atoms with E-state index in [9.17, 15) is 9.50 Å². The van der Waals surface area contributed by atoms with Crippen molar-refractivity contribution in [3.8, 4) is 0 Å². The molecule has 5 heteroatoms. The van der Waals surface area contributed by atoms with Gasteiger partial charge in [-0.15, -0.1) is 0 Å². The number of aromatic nitrogens is 1. The largest absolute Gasteiger partial charge is 0.456 e. The van der Waals surface area contributed by atoms with E-state index in [0.29, 0.717) is 22.1 Å². The molecule has 0 bridgehead atoms. The maximum atomic E-state index is 12.8. The highest BCUT2D eigenvalue weighted by molar-refractivity contribution is 6.34. The van der Waals surface area contributed by atoms with Crippen molar-refractivity contribution in [3.05, 3.63) is 64.9 Å². The highest BCUT2D eigenvalue weighted by Crippen LogP contribution is 2.31. The van der Waals surface area contributed by atoms with E-state index in [1.165, 1.54) is 12.1 Å². The van der Waals surface area contributed by atoms with E-state index in [1.807, 2.05) is 6.07 Å². The monoisotopic (exact) mass is 277 g/mol. The van der Waals surface area contributed by atoms with Crippen LogP contribution in [0.3, 0.4) is 0 Å². The standard InChI is InChI=1S/C14H9ClFNO2/c15-10-3-1-2-8-6-12(19-14(8)10)13(18)11-5-4-9(16)7-17-11/h1-7,13,18H. The van der Waals surface area contributed by atoms with E-state index in [0.717, 1.165) is 11.6 Å². The summed E-state index contributed by atoms with van der Waals surface area (Å²) in [5.74, 6) is -0.134. The Hall–Kier alpha value is -1.91. The Morgan fingerprint density at radius 2 is 2.11 bits per heavy atom. The number of aliphatic hydroxyl groups excluding tert-OH is 1. The third-order valence-electron chi connectivity index (χ3n) is 2.82. The summed E-state index contributed by atoms with van der Waals surface area (Å²) in [4.78, 5) is 3.83. The minimum atomic E-state index is -1.05. The summed E-state index contributed by atoms with van der Waals surface area (Å²) in [6.45, 7) is 0. The van der Waals surface area contributed by atoms with Gasteiger partial charge in [0.2, 0.25) is 0 Å². The first-order chi connectivity index (χ1) is 9.15. The molecule has 0 saturated carbocycles. The van der Waals surface area contributed by atoms with Crippen molar-refractivity contribution in [2.45, 2.75) is 6.10 Å². The van der Waals surface area contributed by atoms with Gasteiger partial charge in [0.05, 0.1) is 16.9 Å². The van der Waals surface area contributed by atoms with Gasteiger partial charge in [-0.05, 0) is 24.3 Å². The first-order valence-corrected chi connectivity index (χ1v) is 6.00. The molecular weight excluding hydrogens is 269 g/mol. The summed E-state index contributed by atoms with van der Waals surface area (Å²) >= 11 is 6.00. The average Bonchev–Trinajstić information content (AvgIpc) is 2.84. The minimum absolute atomic E-state index is 0.316. The Kier molecular flexibility index (Phi) is 2.97. The van der Waals surface area contributed by atoms with Crippen LogP contribution in [0, 0.1) is 5.82 Å². The molecule has 3 nitrogen and oxygen atoms in total. The van der Waals surface area contributed by atoms with E-state index in [4.69, 9.17) is 16.0 Å². The summed E-state index contributed by atoms with van der Waals surface area (Å²) in [5.41, 5.74) is 0.830. The van der Waals surface area contributed by atoms with Gasteiger partial charge < -0.3 is 9.52 Å². The van der Waals surface area contributed by atoms with Crippen LogP contribution in [0.25, 0.3) is 11.0 Å². The SMILES string of the molecule is OC(c1ccc(F)cn1)c1cc2cccc(Cl)c2o1. The van der Waals surface area contributed by atoms with Crippen LogP contribution in [0.5, 0.6) is 0 Å². The second-order valence-corrected chi connectivity index (χ2v) is 4.52. The number of furan rings is 1. The first kappa shape index (κ1) is 12.1. The molecule has 0 aliphatic heterocycles. The zero-order valence-corrected chi connectivity index (χ0v) is 10.4. The van der Waals surface area contributed by atoms with E-state index in [1.54, 1.807) is 18.2 Å². The Balaban J connectivity index is 2.04. The molecule has 3 aromatic rings. The topological polar surface area (TPSA) is 46.3 Å². The van der Waals surface area contributed by atoms with Gasteiger partial charge in [-0.2, -0.15) is 0 Å². The molecule has 19 heavy (non-hydrogen) atoms. The van der Waals surface area contributed by atoms with Gasteiger partial charge in [-0.3, -0.25) is 4.98 Å². The summed E-state index contributed by atoms with van der Waals surface area (Å²) in [5, 5.41) is 11.4. The highest BCUT2D eigenvalue weighted by atomic mass is 35.5. The molecule has 96 valence electrons. The molecule has 0 radical (unpaired) electrons. The quantitative estimate of drug-likeness (QED) is 0.777. The van der Waals surface area contributed by atoms with Crippen molar-refractivity contribution in [3.63, 3.8) is 0 Å². The van der Waals surface area contributed by atoms with Gasteiger partial charge in [-0.1, -0.05) is 23.7 Å². The number of aliphatic hydroxyl groups is 1. The van der Waals surface area contributed by atoms with Crippen molar-refractivity contribution in [2.24, 2.45) is 0 Å². The average molecular weight is 278 g/mol. The van der Waals surface area contributed by atoms with Gasteiger partial charge in [0.1, 0.15) is 11.6 Å². The Morgan fingerprint density at radius 3 is 2.79 bits per heavy atom. The number of halogens is 2. The lowest BCUT2D eigenvalue weighted by molar-refractivity contribution is 0.187. The van der Waals surface area contributed by atoms with Crippen LogP contribution in [0.4, 0.5) is 4.39 Å². The molecule has 1 unspecified atom stereocenters. The molecule has 1 N–H and O–H groups in total. The predicted octanol–water partition coefficient (Wildman–Crippen LogP) is 3.70. The molecule has 0 fully saturated rings. The van der Waals surface area contributed by atoms with Gasteiger partial charge in [0.25, 0.3) is 0 Å². The molecule has 2 heterocycles. The summed E-state index contributed by atoms with van der Waals surface area (Å²) in [6.07, 6.45) is -0.00200. The van der Waals surface area contributed by atoms with Crippen LogP contribution in [0.1, 0.15) is 17.6 Å². The van der Waals surface area contributed by atoms with Crippen LogP contribution in [0.15, 0.2) is 47.0 Å². The van der Waals surface area contributed by atoms with Gasteiger partial charge in [0.15, 0.2) is 11.7 Å². The number of para-hydroxylation sites is 1. The van der Waals surface area contributed by atoms with Gasteiger partial charge in [-0.25, -0.2) is 4.39 Å². The fourth-order valence-electron chi connectivity index (χ4n) is 1.88. The van der Waals surface area contributed by atoms with E-state index >= 15 is 0 Å². The molecule has 1 aromatic carbocycles. The fourth-order valence-corrected chi connectivity index (χ4v) is 2.10. The molecule has 0 aliphatic carbocycles. The number of hydrogen-bond acceptors (Lipinski definition) is 3. The molecule has 1 atom stereocenters. The molecule has 0 aliphatic rings. The maximum absolute atomic E-state index is 12.8. The molecule has 2 aromatic heterocycles. The summed E-state index contributed by atoms with van der Waals surface area (Å²) in [7, 11) is 0. The minimum Gasteiger partial charge on any atom is -0.456 e. The number of hydrogen-bond donors (Lipinski definition) is 1. The molecular formula is C14H9ClFNO2. The van der Waals surface area contributed by atoms with Crippen molar-refractivity contribution in [1.29, 1.82) is 0 Å². The Bertz CT molecular complexity index is 724. The van der Waals surface area contributed by atoms with Crippen LogP contribution in [-0.4, -0.2) is 10.1 Å². The smallest absolute Gasteiger partial charge is 0.153 e. The number of nitrogens with zero attached hydrogens (tertiary/aromatic N) is 1. The lowest BCUT2D eigenvalue weighted by Gasteiger charge is -2.06.